The number of rotatable bonds is 4. The van der Waals surface area contributed by atoms with Crippen LogP contribution in [-0.4, -0.2) is 22.2 Å². The summed E-state index contributed by atoms with van der Waals surface area (Å²) in [7, 11) is 0. The number of ether oxygens (including phenoxy) is 1. The zero-order valence-corrected chi connectivity index (χ0v) is 11.9. The molecule has 0 aliphatic heterocycles. The Bertz CT molecular complexity index is 882. The first-order valence-electron chi connectivity index (χ1n) is 6.82. The Labute approximate surface area is 131 Å². The van der Waals surface area contributed by atoms with Crippen LogP contribution in [0.1, 0.15) is 20.7 Å². The Hall–Kier alpha value is -3.34. The number of para-hydroxylation sites is 1. The fraction of sp³-hybridized carbons (Fsp3) is 0. The van der Waals surface area contributed by atoms with Crippen LogP contribution in [0.5, 0.6) is 11.5 Å². The SMILES string of the molecule is O=C(O)c1cccc(C(=O)O)c1Oc1ccc2ccccc2c1. The minimum atomic E-state index is -1.25. The fourth-order valence-corrected chi connectivity index (χ4v) is 2.33. The van der Waals surface area contributed by atoms with Crippen molar-refractivity contribution in [3.63, 3.8) is 0 Å². The van der Waals surface area contributed by atoms with Gasteiger partial charge in [0.2, 0.25) is 0 Å². The molecule has 5 nitrogen and oxygen atoms in total. The van der Waals surface area contributed by atoms with Gasteiger partial charge in [-0.3, -0.25) is 0 Å². The van der Waals surface area contributed by atoms with Crippen molar-refractivity contribution in [1.82, 2.24) is 0 Å². The van der Waals surface area contributed by atoms with Gasteiger partial charge in [-0.25, -0.2) is 9.59 Å². The van der Waals surface area contributed by atoms with Gasteiger partial charge in [0, 0.05) is 0 Å². The molecule has 0 unspecified atom stereocenters. The van der Waals surface area contributed by atoms with E-state index in [9.17, 15) is 19.8 Å². The second-order valence-corrected chi connectivity index (χ2v) is 4.90. The van der Waals surface area contributed by atoms with Gasteiger partial charge in [-0.1, -0.05) is 36.4 Å². The highest BCUT2D eigenvalue weighted by Gasteiger charge is 2.20. The van der Waals surface area contributed by atoms with Crippen LogP contribution >= 0.6 is 0 Å². The van der Waals surface area contributed by atoms with Crippen molar-refractivity contribution in [3.8, 4) is 11.5 Å². The fourth-order valence-electron chi connectivity index (χ4n) is 2.33. The molecule has 23 heavy (non-hydrogen) atoms. The zero-order chi connectivity index (χ0) is 16.4. The van der Waals surface area contributed by atoms with Crippen LogP contribution in [0, 0.1) is 0 Å². The van der Waals surface area contributed by atoms with Gasteiger partial charge in [0.1, 0.15) is 16.9 Å². The Morgan fingerprint density at radius 3 is 1.96 bits per heavy atom. The number of carbonyl (C=O) groups is 2. The molecule has 3 aromatic carbocycles. The molecule has 0 heterocycles. The highest BCUT2D eigenvalue weighted by molar-refractivity contribution is 5.99. The number of benzene rings is 3. The van der Waals surface area contributed by atoms with Crippen LogP contribution in [-0.2, 0) is 0 Å². The average Bonchev–Trinajstić information content (AvgIpc) is 2.54. The standard InChI is InChI=1S/C18H12O5/c19-17(20)14-6-3-7-15(18(21)22)16(14)23-13-9-8-11-4-1-2-5-12(11)10-13/h1-10H,(H,19,20)(H,21,22). The lowest BCUT2D eigenvalue weighted by Crippen LogP contribution is -2.06. The largest absolute Gasteiger partial charge is 0.478 e. The van der Waals surface area contributed by atoms with E-state index in [2.05, 4.69) is 0 Å². The number of aromatic carboxylic acids is 2. The number of hydrogen-bond donors (Lipinski definition) is 2. The van der Waals surface area contributed by atoms with E-state index < -0.39 is 11.9 Å². The van der Waals surface area contributed by atoms with Crippen molar-refractivity contribution in [2.45, 2.75) is 0 Å². The lowest BCUT2D eigenvalue weighted by molar-refractivity contribution is 0.0692. The van der Waals surface area contributed by atoms with Gasteiger partial charge < -0.3 is 14.9 Å². The smallest absolute Gasteiger partial charge is 0.339 e. The molecule has 0 amide bonds. The normalized spacial score (nSPS) is 10.4. The highest BCUT2D eigenvalue weighted by Crippen LogP contribution is 2.31. The molecular formula is C18H12O5. The van der Waals surface area contributed by atoms with Crippen molar-refractivity contribution in [2.24, 2.45) is 0 Å². The molecule has 0 saturated carbocycles. The maximum atomic E-state index is 11.3. The molecule has 5 heteroatoms. The van der Waals surface area contributed by atoms with E-state index in [4.69, 9.17) is 4.74 Å². The Morgan fingerprint density at radius 1 is 0.739 bits per heavy atom. The average molecular weight is 308 g/mol. The minimum absolute atomic E-state index is 0.178. The number of carboxylic acid groups (broad SMARTS) is 2. The number of fused-ring (bicyclic) bond motifs is 1. The molecule has 0 aromatic heterocycles. The second-order valence-electron chi connectivity index (χ2n) is 4.90. The van der Waals surface area contributed by atoms with Gasteiger partial charge in [0.15, 0.2) is 5.75 Å². The number of carboxylic acids is 2. The van der Waals surface area contributed by atoms with Crippen molar-refractivity contribution in [3.05, 3.63) is 71.8 Å². The first kappa shape index (κ1) is 14.6. The van der Waals surface area contributed by atoms with E-state index in [1.54, 1.807) is 12.1 Å². The van der Waals surface area contributed by atoms with Crippen LogP contribution in [0.4, 0.5) is 0 Å². The Kier molecular flexibility index (Phi) is 3.68. The molecule has 0 fully saturated rings. The van der Waals surface area contributed by atoms with Crippen LogP contribution in [0.15, 0.2) is 60.7 Å². The minimum Gasteiger partial charge on any atom is -0.478 e. The first-order chi connectivity index (χ1) is 11.1. The summed E-state index contributed by atoms with van der Waals surface area (Å²) in [4.78, 5) is 22.7. The predicted molar refractivity (Wildman–Crippen MR) is 84.4 cm³/mol. The molecule has 2 N–H and O–H groups in total. The highest BCUT2D eigenvalue weighted by atomic mass is 16.5. The third-order valence-corrected chi connectivity index (χ3v) is 3.42. The van der Waals surface area contributed by atoms with Gasteiger partial charge >= 0.3 is 11.9 Å². The molecule has 0 spiro atoms. The summed E-state index contributed by atoms with van der Waals surface area (Å²) < 4.78 is 5.61. The van der Waals surface area contributed by atoms with E-state index in [-0.39, 0.29) is 16.9 Å². The zero-order valence-electron chi connectivity index (χ0n) is 11.9. The van der Waals surface area contributed by atoms with E-state index in [1.165, 1.54) is 18.2 Å². The summed E-state index contributed by atoms with van der Waals surface area (Å²) in [6.07, 6.45) is 0. The molecule has 114 valence electrons. The molecular weight excluding hydrogens is 296 g/mol. The predicted octanol–water partition coefficient (Wildman–Crippen LogP) is 4.03. The summed E-state index contributed by atoms with van der Waals surface area (Å²) in [5.74, 6) is -2.30. The molecule has 0 atom stereocenters. The van der Waals surface area contributed by atoms with Gasteiger partial charge in [-0.05, 0) is 35.0 Å². The van der Waals surface area contributed by atoms with E-state index in [1.807, 2.05) is 30.3 Å². The topological polar surface area (TPSA) is 83.8 Å². The molecule has 3 aromatic rings. The van der Waals surface area contributed by atoms with Gasteiger partial charge in [0.25, 0.3) is 0 Å². The van der Waals surface area contributed by atoms with Crippen LogP contribution in [0.3, 0.4) is 0 Å². The molecule has 0 radical (unpaired) electrons. The summed E-state index contributed by atoms with van der Waals surface area (Å²) in [6.45, 7) is 0. The summed E-state index contributed by atoms with van der Waals surface area (Å²) >= 11 is 0. The molecule has 0 aliphatic rings. The van der Waals surface area contributed by atoms with E-state index >= 15 is 0 Å². The monoisotopic (exact) mass is 308 g/mol. The van der Waals surface area contributed by atoms with Gasteiger partial charge in [-0.2, -0.15) is 0 Å². The molecule has 0 bridgehead atoms. The Morgan fingerprint density at radius 2 is 1.35 bits per heavy atom. The molecule has 0 saturated heterocycles. The van der Waals surface area contributed by atoms with Crippen molar-refractivity contribution >= 4 is 22.7 Å². The third kappa shape index (κ3) is 2.85. The van der Waals surface area contributed by atoms with Crippen LogP contribution in [0.2, 0.25) is 0 Å². The maximum absolute atomic E-state index is 11.3. The molecule has 3 rings (SSSR count). The lowest BCUT2D eigenvalue weighted by atomic mass is 10.1. The third-order valence-electron chi connectivity index (χ3n) is 3.42. The first-order valence-corrected chi connectivity index (χ1v) is 6.82. The van der Waals surface area contributed by atoms with E-state index in [0.29, 0.717) is 5.75 Å². The van der Waals surface area contributed by atoms with Crippen molar-refractivity contribution in [1.29, 1.82) is 0 Å². The molecule has 0 aliphatic carbocycles. The lowest BCUT2D eigenvalue weighted by Gasteiger charge is -2.12. The maximum Gasteiger partial charge on any atom is 0.339 e. The number of hydrogen-bond acceptors (Lipinski definition) is 3. The Balaban J connectivity index is 2.10. The van der Waals surface area contributed by atoms with Crippen molar-refractivity contribution < 1.29 is 24.5 Å². The van der Waals surface area contributed by atoms with Crippen LogP contribution < -0.4 is 4.74 Å². The van der Waals surface area contributed by atoms with Gasteiger partial charge in [0.05, 0.1) is 0 Å². The van der Waals surface area contributed by atoms with E-state index in [0.717, 1.165) is 10.8 Å². The second kappa shape index (κ2) is 5.81. The van der Waals surface area contributed by atoms with Crippen LogP contribution in [0.25, 0.3) is 10.8 Å². The van der Waals surface area contributed by atoms with Crippen molar-refractivity contribution in [2.75, 3.05) is 0 Å². The van der Waals surface area contributed by atoms with Gasteiger partial charge in [-0.15, -0.1) is 0 Å². The summed E-state index contributed by atoms with van der Waals surface area (Å²) in [5.41, 5.74) is -0.392. The summed E-state index contributed by atoms with van der Waals surface area (Å²) in [6, 6.07) is 16.8. The quantitative estimate of drug-likeness (QED) is 0.760. The summed E-state index contributed by atoms with van der Waals surface area (Å²) in [5, 5.41) is 20.4.